The van der Waals surface area contributed by atoms with Gasteiger partial charge in [-0.1, -0.05) is 118 Å². The van der Waals surface area contributed by atoms with Crippen molar-refractivity contribution in [2.75, 3.05) is 0 Å². The van der Waals surface area contributed by atoms with Crippen molar-refractivity contribution in [1.29, 1.82) is 0 Å². The third kappa shape index (κ3) is 5.18. The number of hydrogen-bond acceptors (Lipinski definition) is 0. The van der Waals surface area contributed by atoms with Crippen LogP contribution in [0.1, 0.15) is 60.6 Å². The fraction of sp³-hybridized carbons (Fsp3) is 0.263. The van der Waals surface area contributed by atoms with E-state index in [4.69, 9.17) is 0 Å². The summed E-state index contributed by atoms with van der Waals surface area (Å²) in [6.45, 7) is 17.5. The molecule has 0 unspecified atom stereocenters. The van der Waals surface area contributed by atoms with Gasteiger partial charge in [-0.25, -0.2) is 0 Å². The Morgan fingerprint density at radius 3 is 1.16 bits per heavy atom. The van der Waals surface area contributed by atoms with Crippen molar-refractivity contribution in [3.63, 3.8) is 0 Å². The Morgan fingerprint density at radius 2 is 0.737 bits per heavy atom. The molecule has 6 rings (SSSR count). The van der Waals surface area contributed by atoms with Crippen LogP contribution in [0.3, 0.4) is 0 Å². The fourth-order valence-corrected chi connectivity index (χ4v) is 5.60. The molecule has 0 saturated carbocycles. The predicted octanol–water partition coefficient (Wildman–Crippen LogP) is 11.5. The Bertz CT molecular complexity index is 1730. The Morgan fingerprint density at radius 1 is 0.395 bits per heavy atom. The Kier molecular flexibility index (Phi) is 8.52. The van der Waals surface area contributed by atoms with Crippen LogP contribution in [0.4, 0.5) is 0 Å². The number of hydrogen-bond donors (Lipinski definition) is 0. The van der Waals surface area contributed by atoms with Gasteiger partial charge in [-0.05, 0) is 112 Å². The Hall–Kier alpha value is -3.64. The van der Waals surface area contributed by atoms with E-state index in [9.17, 15) is 0 Å². The summed E-state index contributed by atoms with van der Waals surface area (Å²) in [4.78, 5) is 0. The van der Waals surface area contributed by atoms with Gasteiger partial charge in [-0.2, -0.15) is 0 Å². The molecule has 0 amide bonds. The van der Waals surface area contributed by atoms with Crippen LogP contribution in [0.15, 0.2) is 84.9 Å². The molecule has 0 heteroatoms. The number of rotatable bonds is 1. The zero-order valence-electron chi connectivity index (χ0n) is 24.5. The summed E-state index contributed by atoms with van der Waals surface area (Å²) >= 11 is 0. The standard InChI is InChI=1S/C18H18.C17H16.C3H8/c1-4-14-9-10-17-12(2)15-7-5-6-8-16(15)13(3)18(17)11-14;1-11-8-9-16-12(2)14-6-4-5-7-15(14)13(3)17(16)10-11;1-3-2/h5-11H,4H2,1-3H3;4-10H,1-3H3;3H2,1-2H3. The molecule has 0 aromatic heterocycles. The number of benzene rings is 6. The predicted molar refractivity (Wildman–Crippen MR) is 172 cm³/mol. The van der Waals surface area contributed by atoms with Crippen molar-refractivity contribution in [2.24, 2.45) is 0 Å². The van der Waals surface area contributed by atoms with Crippen LogP contribution in [-0.2, 0) is 6.42 Å². The Balaban J connectivity index is 0.000000161. The topological polar surface area (TPSA) is 0 Å². The quantitative estimate of drug-likeness (QED) is 0.198. The minimum Gasteiger partial charge on any atom is -0.0656 e. The fourth-order valence-electron chi connectivity index (χ4n) is 5.60. The second kappa shape index (κ2) is 11.8. The van der Waals surface area contributed by atoms with Crippen LogP contribution in [0, 0.1) is 34.6 Å². The summed E-state index contributed by atoms with van der Waals surface area (Å²) in [5, 5.41) is 11.1. The third-order valence-electron chi connectivity index (χ3n) is 7.75. The highest BCUT2D eigenvalue weighted by atomic mass is 14.1. The van der Waals surface area contributed by atoms with Crippen molar-refractivity contribution in [3.05, 3.63) is 118 Å². The zero-order valence-corrected chi connectivity index (χ0v) is 24.5. The molecule has 0 atom stereocenters. The van der Waals surface area contributed by atoms with Gasteiger partial charge in [0.2, 0.25) is 0 Å². The lowest BCUT2D eigenvalue weighted by Crippen LogP contribution is -1.89. The van der Waals surface area contributed by atoms with Crippen molar-refractivity contribution in [3.8, 4) is 0 Å². The summed E-state index contributed by atoms with van der Waals surface area (Å²) in [5.74, 6) is 0. The minimum absolute atomic E-state index is 1.10. The van der Waals surface area contributed by atoms with E-state index in [0.717, 1.165) is 6.42 Å². The molecule has 0 heterocycles. The van der Waals surface area contributed by atoms with Crippen molar-refractivity contribution >= 4 is 43.1 Å². The summed E-state index contributed by atoms with van der Waals surface area (Å²) in [5.41, 5.74) is 8.33. The minimum atomic E-state index is 1.10. The van der Waals surface area contributed by atoms with E-state index in [2.05, 4.69) is 140 Å². The molecule has 0 radical (unpaired) electrons. The molecule has 38 heavy (non-hydrogen) atoms. The van der Waals surface area contributed by atoms with E-state index in [1.807, 2.05) is 0 Å². The molecule has 0 aliphatic heterocycles. The maximum absolute atomic E-state index is 2.35. The SMILES string of the molecule is CCC.CCc1ccc2c(C)c3ccccc3c(C)c2c1.Cc1ccc2c(C)c3ccccc3c(C)c2c1. The Labute approximate surface area is 229 Å². The van der Waals surface area contributed by atoms with Crippen LogP contribution in [0.2, 0.25) is 0 Å². The molecule has 6 aromatic carbocycles. The molecular weight excluding hydrogens is 456 g/mol. The van der Waals surface area contributed by atoms with Gasteiger partial charge >= 0.3 is 0 Å². The lowest BCUT2D eigenvalue weighted by atomic mass is 9.92. The average Bonchev–Trinajstić information content (AvgIpc) is 2.95. The lowest BCUT2D eigenvalue weighted by molar-refractivity contribution is 1.09. The third-order valence-corrected chi connectivity index (χ3v) is 7.75. The second-order valence-electron chi connectivity index (χ2n) is 10.6. The van der Waals surface area contributed by atoms with Gasteiger partial charge in [-0.15, -0.1) is 0 Å². The lowest BCUT2D eigenvalue weighted by Gasteiger charge is -2.12. The summed E-state index contributed by atoms with van der Waals surface area (Å²) < 4.78 is 0. The average molecular weight is 499 g/mol. The van der Waals surface area contributed by atoms with Crippen LogP contribution in [-0.4, -0.2) is 0 Å². The summed E-state index contributed by atoms with van der Waals surface area (Å²) in [7, 11) is 0. The van der Waals surface area contributed by atoms with Crippen LogP contribution < -0.4 is 0 Å². The van der Waals surface area contributed by atoms with E-state index >= 15 is 0 Å². The first kappa shape index (κ1) is 27.4. The molecule has 0 aliphatic rings. The first-order valence-corrected chi connectivity index (χ1v) is 14.1. The first-order chi connectivity index (χ1) is 18.3. The van der Waals surface area contributed by atoms with E-state index in [-0.39, 0.29) is 0 Å². The van der Waals surface area contributed by atoms with Gasteiger partial charge in [0.1, 0.15) is 0 Å². The van der Waals surface area contributed by atoms with E-state index in [1.54, 1.807) is 0 Å². The maximum Gasteiger partial charge on any atom is -0.0143 e. The highest BCUT2D eigenvalue weighted by Gasteiger charge is 2.09. The molecule has 6 aromatic rings. The monoisotopic (exact) mass is 498 g/mol. The normalized spacial score (nSPS) is 10.8. The number of aryl methyl sites for hydroxylation is 6. The smallest absolute Gasteiger partial charge is 0.0143 e. The van der Waals surface area contributed by atoms with E-state index < -0.39 is 0 Å². The van der Waals surface area contributed by atoms with Gasteiger partial charge in [0, 0.05) is 0 Å². The highest BCUT2D eigenvalue weighted by Crippen LogP contribution is 2.33. The van der Waals surface area contributed by atoms with Gasteiger partial charge in [0.15, 0.2) is 0 Å². The number of fused-ring (bicyclic) bond motifs is 4. The van der Waals surface area contributed by atoms with Gasteiger partial charge in [0.05, 0.1) is 0 Å². The zero-order chi connectivity index (χ0) is 27.4. The molecule has 0 saturated heterocycles. The van der Waals surface area contributed by atoms with Crippen molar-refractivity contribution in [1.82, 2.24) is 0 Å². The molecule has 194 valence electrons. The molecular formula is C38H42. The van der Waals surface area contributed by atoms with Gasteiger partial charge in [-0.3, -0.25) is 0 Å². The molecule has 0 nitrogen and oxygen atoms in total. The molecule has 0 spiro atoms. The molecule has 0 aliphatic carbocycles. The van der Waals surface area contributed by atoms with Gasteiger partial charge in [0.25, 0.3) is 0 Å². The van der Waals surface area contributed by atoms with Crippen molar-refractivity contribution < 1.29 is 0 Å². The van der Waals surface area contributed by atoms with E-state index in [1.165, 1.54) is 82.9 Å². The summed E-state index contributed by atoms with van der Waals surface area (Å²) in [6, 6.07) is 31.0. The second-order valence-corrected chi connectivity index (χ2v) is 10.6. The molecule has 0 N–H and O–H groups in total. The summed E-state index contributed by atoms with van der Waals surface area (Å²) in [6.07, 6.45) is 2.35. The van der Waals surface area contributed by atoms with Gasteiger partial charge < -0.3 is 0 Å². The highest BCUT2D eigenvalue weighted by molar-refractivity contribution is 6.06. The van der Waals surface area contributed by atoms with E-state index in [0.29, 0.717) is 0 Å². The van der Waals surface area contributed by atoms with Crippen LogP contribution >= 0.6 is 0 Å². The van der Waals surface area contributed by atoms with Crippen LogP contribution in [0.25, 0.3) is 43.1 Å². The molecule has 0 fully saturated rings. The van der Waals surface area contributed by atoms with Crippen molar-refractivity contribution in [2.45, 2.75) is 68.2 Å². The first-order valence-electron chi connectivity index (χ1n) is 14.1. The van der Waals surface area contributed by atoms with Crippen LogP contribution in [0.5, 0.6) is 0 Å². The largest absolute Gasteiger partial charge is 0.0656 e. The molecule has 0 bridgehead atoms. The maximum atomic E-state index is 2.35.